The lowest BCUT2D eigenvalue weighted by atomic mass is 10.1. The van der Waals surface area contributed by atoms with Crippen LogP contribution in [0.5, 0.6) is 0 Å². The van der Waals surface area contributed by atoms with Gasteiger partial charge in [-0.1, -0.05) is 18.2 Å². The van der Waals surface area contributed by atoms with E-state index < -0.39 is 0 Å². The Hall–Kier alpha value is -1.10. The number of piperazine rings is 1. The van der Waals surface area contributed by atoms with E-state index in [-0.39, 0.29) is 0 Å². The maximum absolute atomic E-state index is 5.63. The van der Waals surface area contributed by atoms with E-state index in [2.05, 4.69) is 33.3 Å². The summed E-state index contributed by atoms with van der Waals surface area (Å²) in [5, 5.41) is 3.55. The molecule has 2 saturated heterocycles. The monoisotopic (exact) mass is 273 g/mol. The number of benzene rings is 1. The normalized spacial score (nSPS) is 26.9. The lowest BCUT2D eigenvalue weighted by Crippen LogP contribution is -2.57. The van der Waals surface area contributed by atoms with Gasteiger partial charge < -0.3 is 10.1 Å². The number of hydrogen-bond acceptors (Lipinski definition) is 4. The summed E-state index contributed by atoms with van der Waals surface area (Å²) >= 11 is 0. The van der Waals surface area contributed by atoms with E-state index in [0.29, 0.717) is 6.04 Å². The van der Waals surface area contributed by atoms with Crippen LogP contribution in [0.1, 0.15) is 11.1 Å². The summed E-state index contributed by atoms with van der Waals surface area (Å²) in [6, 6.07) is 7.34. The van der Waals surface area contributed by atoms with Gasteiger partial charge in [0.15, 0.2) is 0 Å². The molecule has 20 heavy (non-hydrogen) atoms. The molecule has 3 heterocycles. The third kappa shape index (κ3) is 2.32. The van der Waals surface area contributed by atoms with Crippen molar-refractivity contribution in [1.29, 1.82) is 0 Å². The first-order chi connectivity index (χ1) is 9.90. The lowest BCUT2D eigenvalue weighted by molar-refractivity contribution is -0.0461. The number of fused-ring (bicyclic) bond motifs is 2. The minimum atomic E-state index is 0.599. The molecule has 0 spiro atoms. The second-order valence-electron chi connectivity index (χ2n) is 6.13. The largest absolute Gasteiger partial charge is 0.384 e. The molecule has 1 aromatic rings. The van der Waals surface area contributed by atoms with Crippen LogP contribution in [0.4, 0.5) is 5.69 Å². The molecule has 0 amide bonds. The number of para-hydroxylation sites is 1. The average Bonchev–Trinajstić information content (AvgIpc) is 2.97. The molecule has 1 aromatic carbocycles. The van der Waals surface area contributed by atoms with Crippen LogP contribution >= 0.6 is 0 Å². The van der Waals surface area contributed by atoms with Gasteiger partial charge in [0.1, 0.15) is 0 Å². The van der Waals surface area contributed by atoms with E-state index in [4.69, 9.17) is 4.74 Å². The maximum atomic E-state index is 5.63. The van der Waals surface area contributed by atoms with Gasteiger partial charge in [-0.2, -0.15) is 0 Å². The number of nitrogens with one attached hydrogen (secondary N) is 1. The molecule has 4 rings (SSSR count). The van der Waals surface area contributed by atoms with Crippen LogP contribution in [-0.2, 0) is 17.7 Å². The molecule has 108 valence electrons. The van der Waals surface area contributed by atoms with E-state index in [9.17, 15) is 0 Å². The molecule has 0 saturated carbocycles. The Morgan fingerprint density at radius 1 is 1.25 bits per heavy atom. The first-order valence-corrected chi connectivity index (χ1v) is 7.79. The predicted molar refractivity (Wildman–Crippen MR) is 80.1 cm³/mol. The van der Waals surface area contributed by atoms with Gasteiger partial charge in [-0.3, -0.25) is 9.80 Å². The molecule has 4 heteroatoms. The summed E-state index contributed by atoms with van der Waals surface area (Å²) in [5.41, 5.74) is 4.35. The zero-order chi connectivity index (χ0) is 13.4. The van der Waals surface area contributed by atoms with Crippen molar-refractivity contribution in [1.82, 2.24) is 9.80 Å². The number of rotatable bonds is 2. The zero-order valence-corrected chi connectivity index (χ0v) is 12.0. The number of anilines is 1. The van der Waals surface area contributed by atoms with Crippen molar-refractivity contribution in [3.63, 3.8) is 0 Å². The SMILES string of the molecule is c1cc2c(c(CN3CCN4CCOCC4C3)c1)NCC2. The van der Waals surface area contributed by atoms with E-state index in [1.54, 1.807) is 0 Å². The summed E-state index contributed by atoms with van der Waals surface area (Å²) in [7, 11) is 0. The van der Waals surface area contributed by atoms with Crippen LogP contribution in [0.15, 0.2) is 18.2 Å². The van der Waals surface area contributed by atoms with Crippen molar-refractivity contribution in [2.24, 2.45) is 0 Å². The molecule has 3 aliphatic rings. The van der Waals surface area contributed by atoms with Crippen LogP contribution in [0.25, 0.3) is 0 Å². The van der Waals surface area contributed by atoms with Crippen molar-refractivity contribution < 1.29 is 4.74 Å². The quantitative estimate of drug-likeness (QED) is 0.875. The summed E-state index contributed by atoms with van der Waals surface area (Å²) in [5.74, 6) is 0. The predicted octanol–water partition coefficient (Wildman–Crippen LogP) is 1.17. The molecule has 3 aliphatic heterocycles. The van der Waals surface area contributed by atoms with Crippen LogP contribution < -0.4 is 5.32 Å². The van der Waals surface area contributed by atoms with E-state index >= 15 is 0 Å². The van der Waals surface area contributed by atoms with Crippen molar-refractivity contribution in [2.45, 2.75) is 19.0 Å². The average molecular weight is 273 g/mol. The highest BCUT2D eigenvalue weighted by molar-refractivity contribution is 5.61. The fraction of sp³-hybridized carbons (Fsp3) is 0.625. The van der Waals surface area contributed by atoms with Crippen molar-refractivity contribution in [3.05, 3.63) is 29.3 Å². The van der Waals surface area contributed by atoms with Crippen LogP contribution in [-0.4, -0.2) is 61.8 Å². The maximum Gasteiger partial charge on any atom is 0.0634 e. The number of hydrogen-bond donors (Lipinski definition) is 1. The highest BCUT2D eigenvalue weighted by Crippen LogP contribution is 2.28. The van der Waals surface area contributed by atoms with Gasteiger partial charge in [0, 0.05) is 51.0 Å². The fourth-order valence-electron chi connectivity index (χ4n) is 3.74. The van der Waals surface area contributed by atoms with Gasteiger partial charge in [0.2, 0.25) is 0 Å². The summed E-state index contributed by atoms with van der Waals surface area (Å²) in [6.07, 6.45) is 1.17. The third-order valence-electron chi connectivity index (χ3n) is 4.85. The second kappa shape index (κ2) is 5.35. The van der Waals surface area contributed by atoms with Crippen LogP contribution in [0, 0.1) is 0 Å². The molecule has 1 atom stereocenters. The van der Waals surface area contributed by atoms with Gasteiger partial charge >= 0.3 is 0 Å². The van der Waals surface area contributed by atoms with E-state index in [1.807, 2.05) is 0 Å². The van der Waals surface area contributed by atoms with E-state index in [0.717, 1.165) is 39.4 Å². The van der Waals surface area contributed by atoms with Gasteiger partial charge in [-0.05, 0) is 17.5 Å². The summed E-state index contributed by atoms with van der Waals surface area (Å²) < 4.78 is 5.63. The minimum Gasteiger partial charge on any atom is -0.384 e. The van der Waals surface area contributed by atoms with Gasteiger partial charge in [-0.25, -0.2) is 0 Å². The van der Waals surface area contributed by atoms with Gasteiger partial charge in [0.25, 0.3) is 0 Å². The van der Waals surface area contributed by atoms with Crippen molar-refractivity contribution >= 4 is 5.69 Å². The molecule has 0 aromatic heterocycles. The summed E-state index contributed by atoms with van der Waals surface area (Å²) in [4.78, 5) is 5.18. The third-order valence-corrected chi connectivity index (χ3v) is 4.85. The van der Waals surface area contributed by atoms with Crippen LogP contribution in [0.3, 0.4) is 0 Å². The number of ether oxygens (including phenoxy) is 1. The Kier molecular flexibility index (Phi) is 3.38. The Labute approximate surface area is 120 Å². The molecule has 2 fully saturated rings. The zero-order valence-electron chi connectivity index (χ0n) is 12.0. The van der Waals surface area contributed by atoms with Crippen LogP contribution in [0.2, 0.25) is 0 Å². The molecular formula is C16H23N3O. The highest BCUT2D eigenvalue weighted by atomic mass is 16.5. The fourth-order valence-corrected chi connectivity index (χ4v) is 3.74. The highest BCUT2D eigenvalue weighted by Gasteiger charge is 2.29. The van der Waals surface area contributed by atoms with Crippen molar-refractivity contribution in [3.8, 4) is 0 Å². The molecule has 0 bridgehead atoms. The first kappa shape index (κ1) is 12.6. The Balaban J connectivity index is 1.46. The number of nitrogens with zero attached hydrogens (tertiary/aromatic N) is 2. The molecule has 0 radical (unpaired) electrons. The van der Waals surface area contributed by atoms with Gasteiger partial charge in [-0.15, -0.1) is 0 Å². The topological polar surface area (TPSA) is 27.7 Å². The van der Waals surface area contributed by atoms with Crippen molar-refractivity contribution in [2.75, 3.05) is 51.3 Å². The first-order valence-electron chi connectivity index (χ1n) is 7.79. The standard InChI is InChI=1S/C16H23N3O/c1-2-13-4-5-17-16(13)14(3-1)10-18-6-7-19-8-9-20-12-15(19)11-18/h1-3,15,17H,4-12H2. The van der Waals surface area contributed by atoms with E-state index in [1.165, 1.54) is 36.3 Å². The second-order valence-corrected chi connectivity index (χ2v) is 6.13. The Bertz CT molecular complexity index is 491. The molecule has 0 aliphatic carbocycles. The Morgan fingerprint density at radius 2 is 2.25 bits per heavy atom. The van der Waals surface area contributed by atoms with Gasteiger partial charge in [0.05, 0.1) is 13.2 Å². The molecule has 4 nitrogen and oxygen atoms in total. The minimum absolute atomic E-state index is 0.599. The summed E-state index contributed by atoms with van der Waals surface area (Å²) in [6.45, 7) is 8.60. The molecular weight excluding hydrogens is 250 g/mol. The Morgan fingerprint density at radius 3 is 3.25 bits per heavy atom. The lowest BCUT2D eigenvalue weighted by Gasteiger charge is -2.43. The number of morpholine rings is 1. The molecule has 1 N–H and O–H groups in total. The molecule has 1 unspecified atom stereocenters. The smallest absolute Gasteiger partial charge is 0.0634 e.